The summed E-state index contributed by atoms with van der Waals surface area (Å²) >= 11 is 1.69. The molecule has 0 saturated carbocycles. The Morgan fingerprint density at radius 1 is 0.962 bits per heavy atom. The van der Waals surface area contributed by atoms with Gasteiger partial charge in [0.1, 0.15) is 5.52 Å². The number of nitrogens with zero attached hydrogens (tertiary/aromatic N) is 4. The molecule has 0 atom stereocenters. The molecular weight excluding hydrogens is 340 g/mol. The van der Waals surface area contributed by atoms with Crippen molar-refractivity contribution < 1.29 is 0 Å². The third kappa shape index (κ3) is 3.44. The first-order chi connectivity index (χ1) is 12.9. The number of hydrogen-bond acceptors (Lipinski definition) is 4. The van der Waals surface area contributed by atoms with Gasteiger partial charge in [0.05, 0.1) is 5.52 Å². The fraction of sp³-hybridized carbons (Fsp3) is 0.286. The van der Waals surface area contributed by atoms with E-state index in [-0.39, 0.29) is 0 Å². The van der Waals surface area contributed by atoms with Crippen LogP contribution in [0.4, 0.5) is 0 Å². The van der Waals surface area contributed by atoms with Gasteiger partial charge in [-0.05, 0) is 24.5 Å². The van der Waals surface area contributed by atoms with E-state index in [0.717, 1.165) is 40.4 Å². The quantitative estimate of drug-likeness (QED) is 0.338. The fourth-order valence-electron chi connectivity index (χ4n) is 3.17. The molecule has 2 aromatic heterocycles. The molecule has 0 bridgehead atoms. The lowest BCUT2D eigenvalue weighted by Crippen LogP contribution is -2.03. The Kier molecular flexibility index (Phi) is 5.16. The first-order valence-electron chi connectivity index (χ1n) is 9.15. The maximum absolute atomic E-state index is 4.85. The van der Waals surface area contributed by atoms with E-state index in [0.29, 0.717) is 0 Å². The molecule has 4 nitrogen and oxygen atoms in total. The summed E-state index contributed by atoms with van der Waals surface area (Å²) < 4.78 is 2.29. The van der Waals surface area contributed by atoms with Gasteiger partial charge < -0.3 is 4.57 Å². The highest BCUT2D eigenvalue weighted by Gasteiger charge is 2.14. The molecule has 0 saturated heterocycles. The van der Waals surface area contributed by atoms with Crippen LogP contribution >= 0.6 is 11.8 Å². The van der Waals surface area contributed by atoms with Gasteiger partial charge in [-0.15, -0.1) is 10.2 Å². The first kappa shape index (κ1) is 17.0. The van der Waals surface area contributed by atoms with Gasteiger partial charge in [-0.2, -0.15) is 0 Å². The van der Waals surface area contributed by atoms with E-state index in [1.54, 1.807) is 11.8 Å². The Morgan fingerprint density at radius 2 is 1.77 bits per heavy atom. The van der Waals surface area contributed by atoms with Gasteiger partial charge in [-0.3, -0.25) is 0 Å². The monoisotopic (exact) mass is 362 g/mol. The molecule has 132 valence electrons. The van der Waals surface area contributed by atoms with Gasteiger partial charge >= 0.3 is 0 Å². The van der Waals surface area contributed by atoms with E-state index in [1.807, 2.05) is 0 Å². The Labute approximate surface area is 157 Å². The first-order valence-corrected chi connectivity index (χ1v) is 10.1. The van der Waals surface area contributed by atoms with Crippen LogP contribution in [0.5, 0.6) is 0 Å². The Morgan fingerprint density at radius 3 is 2.62 bits per heavy atom. The molecule has 5 heteroatoms. The second kappa shape index (κ2) is 7.87. The van der Waals surface area contributed by atoms with Crippen molar-refractivity contribution in [3.05, 3.63) is 60.2 Å². The second-order valence-electron chi connectivity index (χ2n) is 6.37. The number of para-hydroxylation sites is 1. The molecule has 2 aromatic carbocycles. The lowest BCUT2D eigenvalue weighted by molar-refractivity contribution is 0.727. The number of aryl methyl sites for hydroxylation is 2. The Hall–Kier alpha value is -2.40. The van der Waals surface area contributed by atoms with Crippen LogP contribution in [0, 0.1) is 0 Å². The molecule has 4 aromatic rings. The van der Waals surface area contributed by atoms with Gasteiger partial charge in [-0.1, -0.05) is 73.6 Å². The molecule has 0 amide bonds. The SMILES string of the molecule is CCCCSc1nnc2c3ccccc3n(CCc3ccccc3)c2n1. The highest BCUT2D eigenvalue weighted by Crippen LogP contribution is 2.27. The average molecular weight is 363 g/mol. The lowest BCUT2D eigenvalue weighted by atomic mass is 10.1. The number of rotatable bonds is 7. The van der Waals surface area contributed by atoms with Crippen LogP contribution in [0.2, 0.25) is 0 Å². The molecule has 0 aliphatic carbocycles. The molecule has 0 fully saturated rings. The summed E-state index contributed by atoms with van der Waals surface area (Å²) in [6, 6.07) is 19.0. The Bertz CT molecular complexity index is 1010. The molecule has 0 spiro atoms. The van der Waals surface area contributed by atoms with Gasteiger partial charge in [0.2, 0.25) is 5.16 Å². The molecule has 0 aliphatic rings. The summed E-state index contributed by atoms with van der Waals surface area (Å²) in [6.07, 6.45) is 3.32. The predicted octanol–water partition coefficient (Wildman–Crippen LogP) is 5.11. The van der Waals surface area contributed by atoms with Crippen molar-refractivity contribution in [3.63, 3.8) is 0 Å². The van der Waals surface area contributed by atoms with E-state index < -0.39 is 0 Å². The van der Waals surface area contributed by atoms with Crippen LogP contribution in [0.15, 0.2) is 59.8 Å². The standard InChI is InChI=1S/C21H22N4S/c1-2-3-15-26-21-22-20-19(23-24-21)17-11-7-8-12-18(17)25(20)14-13-16-9-5-4-6-10-16/h4-12H,2-3,13-15H2,1H3. The lowest BCUT2D eigenvalue weighted by Gasteiger charge is -2.07. The largest absolute Gasteiger partial charge is 0.323 e. The van der Waals surface area contributed by atoms with E-state index in [2.05, 4.69) is 76.3 Å². The fourth-order valence-corrected chi connectivity index (χ4v) is 4.04. The summed E-state index contributed by atoms with van der Waals surface area (Å²) in [6.45, 7) is 3.08. The van der Waals surface area contributed by atoms with Crippen molar-refractivity contribution in [2.45, 2.75) is 37.9 Å². The van der Waals surface area contributed by atoms with Crippen LogP contribution in [-0.2, 0) is 13.0 Å². The summed E-state index contributed by atoms with van der Waals surface area (Å²) in [4.78, 5) is 4.85. The summed E-state index contributed by atoms with van der Waals surface area (Å²) in [5.74, 6) is 1.04. The number of unbranched alkanes of at least 4 members (excludes halogenated alkanes) is 1. The highest BCUT2D eigenvalue weighted by molar-refractivity contribution is 7.99. The summed E-state index contributed by atoms with van der Waals surface area (Å²) in [5, 5.41) is 10.8. The van der Waals surface area contributed by atoms with Crippen molar-refractivity contribution in [2.24, 2.45) is 0 Å². The molecule has 0 unspecified atom stereocenters. The minimum atomic E-state index is 0.773. The summed E-state index contributed by atoms with van der Waals surface area (Å²) in [7, 11) is 0. The molecule has 4 rings (SSSR count). The number of hydrogen-bond donors (Lipinski definition) is 0. The van der Waals surface area contributed by atoms with Crippen LogP contribution in [-0.4, -0.2) is 25.5 Å². The van der Waals surface area contributed by atoms with Crippen molar-refractivity contribution in [2.75, 3.05) is 5.75 Å². The Balaban J connectivity index is 1.73. The van der Waals surface area contributed by atoms with E-state index in [4.69, 9.17) is 4.98 Å². The third-order valence-electron chi connectivity index (χ3n) is 4.55. The van der Waals surface area contributed by atoms with E-state index in [9.17, 15) is 0 Å². The number of benzene rings is 2. The van der Waals surface area contributed by atoms with E-state index in [1.165, 1.54) is 23.9 Å². The molecule has 0 aliphatic heterocycles. The van der Waals surface area contributed by atoms with Gasteiger partial charge in [0, 0.05) is 17.7 Å². The molecule has 26 heavy (non-hydrogen) atoms. The van der Waals surface area contributed by atoms with E-state index >= 15 is 0 Å². The van der Waals surface area contributed by atoms with Crippen LogP contribution < -0.4 is 0 Å². The van der Waals surface area contributed by atoms with Crippen LogP contribution in [0.3, 0.4) is 0 Å². The molecular formula is C21H22N4S. The maximum atomic E-state index is 4.85. The smallest absolute Gasteiger partial charge is 0.211 e. The zero-order chi connectivity index (χ0) is 17.8. The van der Waals surface area contributed by atoms with Crippen molar-refractivity contribution in [1.29, 1.82) is 0 Å². The normalized spacial score (nSPS) is 11.4. The topological polar surface area (TPSA) is 43.6 Å². The zero-order valence-corrected chi connectivity index (χ0v) is 15.7. The van der Waals surface area contributed by atoms with Gasteiger partial charge in [-0.25, -0.2) is 4.98 Å². The number of thioether (sulfide) groups is 1. The predicted molar refractivity (Wildman–Crippen MR) is 109 cm³/mol. The third-order valence-corrected chi connectivity index (χ3v) is 5.47. The average Bonchev–Trinajstić information content (AvgIpc) is 3.00. The minimum absolute atomic E-state index is 0.773. The molecule has 0 radical (unpaired) electrons. The van der Waals surface area contributed by atoms with Gasteiger partial charge in [0.15, 0.2) is 5.65 Å². The van der Waals surface area contributed by atoms with Crippen LogP contribution in [0.1, 0.15) is 25.3 Å². The second-order valence-corrected chi connectivity index (χ2v) is 7.44. The highest BCUT2D eigenvalue weighted by atomic mass is 32.2. The van der Waals surface area contributed by atoms with Crippen LogP contribution in [0.25, 0.3) is 22.1 Å². The van der Waals surface area contributed by atoms with Crippen molar-refractivity contribution in [3.8, 4) is 0 Å². The molecule has 2 heterocycles. The number of aromatic nitrogens is 4. The zero-order valence-electron chi connectivity index (χ0n) is 14.9. The van der Waals surface area contributed by atoms with Crippen molar-refractivity contribution >= 4 is 33.8 Å². The maximum Gasteiger partial charge on any atom is 0.211 e. The number of fused-ring (bicyclic) bond motifs is 3. The van der Waals surface area contributed by atoms with Crippen molar-refractivity contribution in [1.82, 2.24) is 19.7 Å². The summed E-state index contributed by atoms with van der Waals surface area (Å²) in [5.41, 5.74) is 4.35. The van der Waals surface area contributed by atoms with Gasteiger partial charge in [0.25, 0.3) is 0 Å². The minimum Gasteiger partial charge on any atom is -0.323 e. The molecule has 0 N–H and O–H groups in total.